The quantitative estimate of drug-likeness (QED) is 0.197. The second kappa shape index (κ2) is 10.5. The highest BCUT2D eigenvalue weighted by Gasteiger charge is 2.18. The average Bonchev–Trinajstić information content (AvgIpc) is 3.73. The number of hydrogen-bond donors (Lipinski definition) is 0. The Bertz CT molecular complexity index is 2850. The molecule has 3 heterocycles. The Kier molecular flexibility index (Phi) is 5.81. The van der Waals surface area contributed by atoms with Crippen LogP contribution in [-0.4, -0.2) is 15.0 Å². The van der Waals surface area contributed by atoms with Crippen molar-refractivity contribution >= 4 is 54.6 Å². The first-order chi connectivity index (χ1) is 23.8. The molecule has 0 bridgehead atoms. The van der Waals surface area contributed by atoms with Gasteiger partial charge in [0, 0.05) is 38.2 Å². The molecule has 0 fully saturated rings. The molecule has 0 N–H and O–H groups in total. The fraction of sp³-hybridized carbons (Fsp3) is 0. The van der Waals surface area contributed by atoms with Gasteiger partial charge in [-0.25, -0.2) is 15.0 Å². The predicted octanol–water partition coefficient (Wildman–Crippen LogP) is 11.5. The van der Waals surface area contributed by atoms with Gasteiger partial charge in [0.15, 0.2) is 17.5 Å². The second-order valence-electron chi connectivity index (χ2n) is 12.0. The zero-order valence-corrected chi connectivity index (χ0v) is 25.6. The van der Waals surface area contributed by atoms with Crippen LogP contribution in [0, 0.1) is 0 Å². The standard InChI is InChI=1S/C43H25N3O2/c1-2-10-26(11-3-1)41-44-42(46-43(45-41)34-16-9-19-39-40(34)33-14-5-7-18-37(33)48-39)29-20-22-31-27(24-29)12-8-15-30(31)28-21-23-38-35(25-28)32-13-4-6-17-36(32)47-38/h1-25H. The first-order valence-corrected chi connectivity index (χ1v) is 15.9. The molecule has 224 valence electrons. The number of aromatic nitrogens is 3. The van der Waals surface area contributed by atoms with Gasteiger partial charge in [0.1, 0.15) is 22.3 Å². The Labute approximate surface area is 274 Å². The van der Waals surface area contributed by atoms with Gasteiger partial charge in [0.2, 0.25) is 0 Å². The minimum Gasteiger partial charge on any atom is -0.456 e. The number of fused-ring (bicyclic) bond motifs is 7. The van der Waals surface area contributed by atoms with Gasteiger partial charge < -0.3 is 8.83 Å². The summed E-state index contributed by atoms with van der Waals surface area (Å²) < 4.78 is 12.3. The van der Waals surface area contributed by atoms with E-state index in [-0.39, 0.29) is 0 Å². The van der Waals surface area contributed by atoms with Crippen LogP contribution in [0.1, 0.15) is 0 Å². The Morgan fingerprint density at radius 1 is 0.333 bits per heavy atom. The molecule has 0 unspecified atom stereocenters. The molecule has 3 aromatic heterocycles. The van der Waals surface area contributed by atoms with E-state index >= 15 is 0 Å². The average molecular weight is 616 g/mol. The maximum Gasteiger partial charge on any atom is 0.164 e. The highest BCUT2D eigenvalue weighted by molar-refractivity contribution is 6.12. The zero-order chi connectivity index (χ0) is 31.6. The molecule has 5 nitrogen and oxygen atoms in total. The largest absolute Gasteiger partial charge is 0.456 e. The Hall–Kier alpha value is -6.59. The smallest absolute Gasteiger partial charge is 0.164 e. The molecule has 10 rings (SSSR count). The summed E-state index contributed by atoms with van der Waals surface area (Å²) >= 11 is 0. The number of hydrogen-bond acceptors (Lipinski definition) is 5. The number of para-hydroxylation sites is 2. The molecule has 0 spiro atoms. The lowest BCUT2D eigenvalue weighted by molar-refractivity contribution is 0.668. The summed E-state index contributed by atoms with van der Waals surface area (Å²) in [6.45, 7) is 0. The molecule has 0 aliphatic rings. The van der Waals surface area contributed by atoms with Gasteiger partial charge in [-0.05, 0) is 58.3 Å². The Morgan fingerprint density at radius 3 is 1.83 bits per heavy atom. The third kappa shape index (κ3) is 4.22. The molecule has 0 aliphatic carbocycles. The first kappa shape index (κ1) is 26.6. The molecule has 10 aromatic rings. The molecule has 0 radical (unpaired) electrons. The Morgan fingerprint density at radius 2 is 0.958 bits per heavy atom. The van der Waals surface area contributed by atoms with Crippen LogP contribution in [0.5, 0.6) is 0 Å². The summed E-state index contributed by atoms with van der Waals surface area (Å²) in [5.74, 6) is 1.84. The maximum absolute atomic E-state index is 6.20. The molecule has 0 amide bonds. The molecular weight excluding hydrogens is 590 g/mol. The number of rotatable bonds is 4. The molecule has 0 saturated heterocycles. The van der Waals surface area contributed by atoms with Crippen molar-refractivity contribution in [3.63, 3.8) is 0 Å². The molecule has 0 aliphatic heterocycles. The van der Waals surface area contributed by atoms with Gasteiger partial charge >= 0.3 is 0 Å². The second-order valence-corrected chi connectivity index (χ2v) is 12.0. The van der Waals surface area contributed by atoms with E-state index < -0.39 is 0 Å². The number of benzene rings is 7. The van der Waals surface area contributed by atoms with Crippen molar-refractivity contribution in [3.8, 4) is 45.3 Å². The fourth-order valence-electron chi connectivity index (χ4n) is 6.87. The fourth-order valence-corrected chi connectivity index (χ4v) is 6.87. The van der Waals surface area contributed by atoms with Crippen LogP contribution in [0.15, 0.2) is 160 Å². The van der Waals surface area contributed by atoms with Crippen molar-refractivity contribution in [1.29, 1.82) is 0 Å². The molecule has 7 aromatic carbocycles. The first-order valence-electron chi connectivity index (χ1n) is 15.9. The summed E-state index contributed by atoms with van der Waals surface area (Å²) in [6, 6.07) is 51.7. The van der Waals surface area contributed by atoms with E-state index in [2.05, 4.69) is 78.9 Å². The summed E-state index contributed by atoms with van der Waals surface area (Å²) in [4.78, 5) is 15.1. The van der Waals surface area contributed by atoms with E-state index in [1.807, 2.05) is 72.8 Å². The summed E-state index contributed by atoms with van der Waals surface area (Å²) in [5, 5.41) is 6.52. The lowest BCUT2D eigenvalue weighted by Crippen LogP contribution is -2.00. The van der Waals surface area contributed by atoms with Crippen molar-refractivity contribution < 1.29 is 8.83 Å². The molecule has 0 saturated carbocycles. The zero-order valence-electron chi connectivity index (χ0n) is 25.6. The van der Waals surface area contributed by atoms with Gasteiger partial charge in [-0.2, -0.15) is 0 Å². The van der Waals surface area contributed by atoms with Crippen LogP contribution >= 0.6 is 0 Å². The van der Waals surface area contributed by atoms with Gasteiger partial charge in [0.25, 0.3) is 0 Å². The SMILES string of the molecule is c1ccc(-c2nc(-c3ccc4c(-c5ccc6oc7ccccc7c6c5)cccc4c3)nc(-c3cccc4oc5ccccc5c34)n2)cc1. The molecule has 5 heteroatoms. The number of furan rings is 2. The molecule has 48 heavy (non-hydrogen) atoms. The van der Waals surface area contributed by atoms with Crippen molar-refractivity contribution in [3.05, 3.63) is 152 Å². The van der Waals surface area contributed by atoms with Crippen molar-refractivity contribution in [2.45, 2.75) is 0 Å². The van der Waals surface area contributed by atoms with Gasteiger partial charge in [0.05, 0.1) is 0 Å². The van der Waals surface area contributed by atoms with Gasteiger partial charge in [-0.15, -0.1) is 0 Å². The Balaban J connectivity index is 1.14. The topological polar surface area (TPSA) is 65.0 Å². The minimum atomic E-state index is 0.602. The van der Waals surface area contributed by atoms with E-state index in [1.54, 1.807) is 0 Å². The van der Waals surface area contributed by atoms with Gasteiger partial charge in [-0.3, -0.25) is 0 Å². The van der Waals surface area contributed by atoms with Crippen molar-refractivity contribution in [2.24, 2.45) is 0 Å². The molecule has 0 atom stereocenters. The maximum atomic E-state index is 6.20. The van der Waals surface area contributed by atoms with Crippen LogP contribution in [-0.2, 0) is 0 Å². The van der Waals surface area contributed by atoms with Crippen LogP contribution in [0.2, 0.25) is 0 Å². The van der Waals surface area contributed by atoms with E-state index in [1.165, 1.54) is 0 Å². The minimum absolute atomic E-state index is 0.602. The third-order valence-corrected chi connectivity index (χ3v) is 9.14. The monoisotopic (exact) mass is 615 g/mol. The lowest BCUT2D eigenvalue weighted by atomic mass is 9.95. The predicted molar refractivity (Wildman–Crippen MR) is 194 cm³/mol. The summed E-state index contributed by atoms with van der Waals surface area (Å²) in [6.07, 6.45) is 0. The van der Waals surface area contributed by atoms with Crippen LogP contribution in [0.3, 0.4) is 0 Å². The molecular formula is C43H25N3O2. The normalized spacial score (nSPS) is 11.8. The highest BCUT2D eigenvalue weighted by atomic mass is 16.3. The third-order valence-electron chi connectivity index (χ3n) is 9.14. The van der Waals surface area contributed by atoms with E-state index in [4.69, 9.17) is 23.8 Å². The van der Waals surface area contributed by atoms with Crippen molar-refractivity contribution in [1.82, 2.24) is 15.0 Å². The van der Waals surface area contributed by atoms with Crippen LogP contribution < -0.4 is 0 Å². The van der Waals surface area contributed by atoms with Crippen molar-refractivity contribution in [2.75, 3.05) is 0 Å². The van der Waals surface area contributed by atoms with Crippen LogP contribution in [0.4, 0.5) is 0 Å². The van der Waals surface area contributed by atoms with Crippen LogP contribution in [0.25, 0.3) is 99.9 Å². The van der Waals surface area contributed by atoms with E-state index in [0.717, 1.165) is 82.5 Å². The summed E-state index contributed by atoms with van der Waals surface area (Å²) in [7, 11) is 0. The number of nitrogens with zero attached hydrogens (tertiary/aromatic N) is 3. The van der Waals surface area contributed by atoms with E-state index in [0.29, 0.717) is 17.5 Å². The lowest BCUT2D eigenvalue weighted by Gasteiger charge is -2.11. The summed E-state index contributed by atoms with van der Waals surface area (Å²) in [5.41, 5.74) is 8.48. The van der Waals surface area contributed by atoms with E-state index in [9.17, 15) is 0 Å². The highest BCUT2D eigenvalue weighted by Crippen LogP contribution is 2.38. The van der Waals surface area contributed by atoms with Gasteiger partial charge in [-0.1, -0.05) is 115 Å².